The van der Waals surface area contributed by atoms with Gasteiger partial charge >= 0.3 is 6.18 Å². The second kappa shape index (κ2) is 8.10. The summed E-state index contributed by atoms with van der Waals surface area (Å²) in [7, 11) is 0. The molecule has 0 radical (unpaired) electrons. The molecule has 1 heterocycles. The van der Waals surface area contributed by atoms with Gasteiger partial charge in [0.2, 0.25) is 0 Å². The van der Waals surface area contributed by atoms with Crippen LogP contribution in [0.25, 0.3) is 0 Å². The normalized spacial score (nSPS) is 23.6. The number of nitrogens with zero attached hydrogens (tertiary/aromatic N) is 1. The van der Waals surface area contributed by atoms with E-state index in [-0.39, 0.29) is 5.92 Å². The molecule has 2 aliphatic carbocycles. The van der Waals surface area contributed by atoms with Crippen molar-refractivity contribution in [2.45, 2.75) is 45.3 Å². The molecule has 0 aromatic heterocycles. The third kappa shape index (κ3) is 4.42. The maximum absolute atomic E-state index is 12.8. The molecule has 0 fully saturated rings. The molecule has 2 unspecified atom stereocenters. The van der Waals surface area contributed by atoms with Gasteiger partial charge in [-0.1, -0.05) is 73.6 Å². The second-order valence-corrected chi connectivity index (χ2v) is 8.04. The van der Waals surface area contributed by atoms with E-state index in [4.69, 9.17) is 0 Å². The van der Waals surface area contributed by atoms with Crippen LogP contribution in [-0.2, 0) is 13.0 Å². The summed E-state index contributed by atoms with van der Waals surface area (Å²) in [5.74, 6) is 0.378. The Bertz CT molecular complexity index is 897. The molecule has 1 aromatic rings. The van der Waals surface area contributed by atoms with Crippen molar-refractivity contribution in [3.05, 3.63) is 94.9 Å². The summed E-state index contributed by atoms with van der Waals surface area (Å²) in [4.78, 5) is 2.28. The molecule has 0 bridgehead atoms. The Morgan fingerprint density at radius 1 is 1.00 bits per heavy atom. The van der Waals surface area contributed by atoms with Gasteiger partial charge in [-0.25, -0.2) is 0 Å². The summed E-state index contributed by atoms with van der Waals surface area (Å²) < 4.78 is 38.4. The van der Waals surface area contributed by atoms with E-state index in [1.165, 1.54) is 34.5 Å². The van der Waals surface area contributed by atoms with Crippen LogP contribution in [0.15, 0.2) is 83.8 Å². The van der Waals surface area contributed by atoms with Crippen LogP contribution in [0.5, 0.6) is 0 Å². The minimum absolute atomic E-state index is 0.0625. The molecule has 3 aliphatic rings. The van der Waals surface area contributed by atoms with Crippen molar-refractivity contribution in [1.82, 2.24) is 4.90 Å². The van der Waals surface area contributed by atoms with Crippen molar-refractivity contribution in [1.29, 1.82) is 0 Å². The van der Waals surface area contributed by atoms with Crippen LogP contribution in [0, 0.1) is 11.8 Å². The molecule has 0 N–H and O–H groups in total. The molecule has 0 spiro atoms. The number of allylic oxidation sites excluding steroid dienone is 8. The highest BCUT2D eigenvalue weighted by atomic mass is 19.4. The molecule has 0 saturated heterocycles. The summed E-state index contributed by atoms with van der Waals surface area (Å²) in [6.45, 7) is 3.03. The molecule has 0 amide bonds. The van der Waals surface area contributed by atoms with E-state index in [0.29, 0.717) is 12.3 Å². The fourth-order valence-corrected chi connectivity index (χ4v) is 4.33. The Hall–Kier alpha value is -2.49. The third-order valence-corrected chi connectivity index (χ3v) is 5.95. The number of aryl methyl sites for hydroxylation is 1. The summed E-state index contributed by atoms with van der Waals surface area (Å²) in [6, 6.07) is 8.82. The van der Waals surface area contributed by atoms with Gasteiger partial charge in [0, 0.05) is 30.3 Å². The van der Waals surface area contributed by atoms with Crippen molar-refractivity contribution in [3.63, 3.8) is 0 Å². The average molecular weight is 397 g/mol. The fraction of sp³-hybridized carbons (Fsp3) is 0.360. The molecule has 2 atom stereocenters. The van der Waals surface area contributed by atoms with Crippen LogP contribution in [0.3, 0.4) is 0 Å². The maximum atomic E-state index is 12.8. The molecule has 4 heteroatoms. The van der Waals surface area contributed by atoms with E-state index >= 15 is 0 Å². The maximum Gasteiger partial charge on any atom is 0.416 e. The summed E-state index contributed by atoms with van der Waals surface area (Å²) in [5, 5.41) is 0. The average Bonchev–Trinajstić information content (AvgIpc) is 3.11. The number of hydrogen-bond donors (Lipinski definition) is 0. The minimum Gasteiger partial charge on any atom is -0.347 e. The van der Waals surface area contributed by atoms with E-state index in [0.717, 1.165) is 25.8 Å². The number of fused-ring (bicyclic) bond motifs is 1. The Morgan fingerprint density at radius 2 is 1.76 bits per heavy atom. The molecule has 0 saturated carbocycles. The lowest BCUT2D eigenvalue weighted by molar-refractivity contribution is -0.0887. The zero-order valence-corrected chi connectivity index (χ0v) is 16.6. The summed E-state index contributed by atoms with van der Waals surface area (Å²) in [6.07, 6.45) is 12.2. The lowest BCUT2D eigenvalue weighted by Gasteiger charge is -2.28. The topological polar surface area (TPSA) is 3.24 Å². The van der Waals surface area contributed by atoms with Gasteiger partial charge in [-0.05, 0) is 36.5 Å². The number of halogens is 3. The highest BCUT2D eigenvalue weighted by molar-refractivity contribution is 5.39. The van der Waals surface area contributed by atoms with E-state index in [1.54, 1.807) is 6.08 Å². The molecule has 1 nitrogen and oxygen atoms in total. The monoisotopic (exact) mass is 397 g/mol. The van der Waals surface area contributed by atoms with Gasteiger partial charge < -0.3 is 4.90 Å². The third-order valence-electron chi connectivity index (χ3n) is 5.95. The van der Waals surface area contributed by atoms with Crippen LogP contribution in [0.4, 0.5) is 13.2 Å². The van der Waals surface area contributed by atoms with Gasteiger partial charge in [-0.2, -0.15) is 13.2 Å². The molecular formula is C25H26F3N. The smallest absolute Gasteiger partial charge is 0.347 e. The summed E-state index contributed by atoms with van der Waals surface area (Å²) in [5.41, 5.74) is 4.61. The minimum atomic E-state index is -4.25. The first kappa shape index (κ1) is 19.8. The second-order valence-electron chi connectivity index (χ2n) is 8.04. The van der Waals surface area contributed by atoms with Gasteiger partial charge in [-0.15, -0.1) is 0 Å². The quantitative estimate of drug-likeness (QED) is 0.524. The number of alkyl halides is 3. The Morgan fingerprint density at radius 3 is 2.41 bits per heavy atom. The SMILES string of the molecule is CCCc1ccc(CN2C=CC3CC(C4C=CC(C(F)(F)F)=CC4)=CC=C32)cc1. The zero-order valence-electron chi connectivity index (χ0n) is 16.6. The van der Waals surface area contributed by atoms with Crippen molar-refractivity contribution in [2.24, 2.45) is 11.8 Å². The Balaban J connectivity index is 1.42. The van der Waals surface area contributed by atoms with Crippen molar-refractivity contribution < 1.29 is 13.2 Å². The van der Waals surface area contributed by atoms with Crippen LogP contribution in [0.2, 0.25) is 0 Å². The van der Waals surface area contributed by atoms with Gasteiger partial charge in [0.15, 0.2) is 0 Å². The molecular weight excluding hydrogens is 371 g/mol. The molecule has 29 heavy (non-hydrogen) atoms. The summed E-state index contributed by atoms with van der Waals surface area (Å²) >= 11 is 0. The number of hydrogen-bond acceptors (Lipinski definition) is 1. The standard InChI is InChI=1S/C25H26F3N/c1-2-3-18-4-6-19(7-5-18)17-29-15-14-22-16-21(10-13-24(22)29)20-8-11-23(12-9-20)25(26,27)28/h4-8,10-15,20,22H,2-3,9,16-17H2,1H3. The Labute approximate surface area is 170 Å². The van der Waals surface area contributed by atoms with Crippen molar-refractivity contribution >= 4 is 0 Å². The molecule has 1 aliphatic heterocycles. The zero-order chi connectivity index (χ0) is 20.4. The van der Waals surface area contributed by atoms with Gasteiger partial charge in [0.25, 0.3) is 0 Å². The van der Waals surface area contributed by atoms with Crippen molar-refractivity contribution in [3.8, 4) is 0 Å². The molecule has 152 valence electrons. The Kier molecular flexibility index (Phi) is 5.53. The van der Waals surface area contributed by atoms with Crippen LogP contribution < -0.4 is 0 Å². The predicted molar refractivity (Wildman–Crippen MR) is 111 cm³/mol. The van der Waals surface area contributed by atoms with E-state index in [1.807, 2.05) is 0 Å². The predicted octanol–water partition coefficient (Wildman–Crippen LogP) is 6.86. The van der Waals surface area contributed by atoms with E-state index in [9.17, 15) is 13.2 Å². The number of benzene rings is 1. The first-order chi connectivity index (χ1) is 13.9. The molecule has 1 aromatic carbocycles. The van der Waals surface area contributed by atoms with Crippen LogP contribution in [0.1, 0.15) is 37.3 Å². The number of rotatable bonds is 5. The van der Waals surface area contributed by atoms with E-state index in [2.05, 4.69) is 60.5 Å². The van der Waals surface area contributed by atoms with Gasteiger partial charge in [0.1, 0.15) is 0 Å². The largest absolute Gasteiger partial charge is 0.416 e. The fourth-order valence-electron chi connectivity index (χ4n) is 4.33. The highest BCUT2D eigenvalue weighted by Gasteiger charge is 2.34. The van der Waals surface area contributed by atoms with Crippen LogP contribution in [-0.4, -0.2) is 11.1 Å². The van der Waals surface area contributed by atoms with Gasteiger partial charge in [-0.3, -0.25) is 0 Å². The molecule has 4 rings (SSSR count). The van der Waals surface area contributed by atoms with Gasteiger partial charge in [0.05, 0.1) is 5.57 Å². The first-order valence-electron chi connectivity index (χ1n) is 10.3. The lowest BCUT2D eigenvalue weighted by Crippen LogP contribution is -2.20. The first-order valence-corrected chi connectivity index (χ1v) is 10.3. The van der Waals surface area contributed by atoms with E-state index < -0.39 is 11.7 Å². The lowest BCUT2D eigenvalue weighted by atomic mass is 9.81. The van der Waals surface area contributed by atoms with Crippen molar-refractivity contribution in [2.75, 3.05) is 0 Å². The highest BCUT2D eigenvalue weighted by Crippen LogP contribution is 2.40. The van der Waals surface area contributed by atoms with Crippen LogP contribution >= 0.6 is 0 Å².